The highest BCUT2D eigenvalue weighted by Gasteiger charge is 2.27. The summed E-state index contributed by atoms with van der Waals surface area (Å²) in [6.45, 7) is 3.86. The van der Waals surface area contributed by atoms with Crippen LogP contribution in [0.5, 0.6) is 5.75 Å². The Bertz CT molecular complexity index is 618. The van der Waals surface area contributed by atoms with Crippen molar-refractivity contribution >= 4 is 23.5 Å². The van der Waals surface area contributed by atoms with E-state index < -0.39 is 0 Å². The molecule has 1 fully saturated rings. The van der Waals surface area contributed by atoms with E-state index in [-0.39, 0.29) is 17.9 Å². The number of benzene rings is 1. The smallest absolute Gasteiger partial charge is 0.330 e. The van der Waals surface area contributed by atoms with Crippen LogP contribution in [0.3, 0.4) is 0 Å². The van der Waals surface area contributed by atoms with Crippen LogP contribution in [0.4, 0.5) is 0 Å². The maximum atomic E-state index is 12.3. The zero-order chi connectivity index (χ0) is 20.2. The number of ether oxygens (including phenoxy) is 2. The molecule has 1 aliphatic carbocycles. The summed E-state index contributed by atoms with van der Waals surface area (Å²) in [4.78, 5) is 23.2. The molecule has 0 aliphatic heterocycles. The van der Waals surface area contributed by atoms with Gasteiger partial charge >= 0.3 is 11.9 Å². The van der Waals surface area contributed by atoms with Crippen LogP contribution in [0, 0.1) is 11.8 Å². The van der Waals surface area contributed by atoms with Gasteiger partial charge in [-0.1, -0.05) is 50.3 Å². The number of esters is 2. The van der Waals surface area contributed by atoms with Gasteiger partial charge in [0.1, 0.15) is 5.75 Å². The van der Waals surface area contributed by atoms with E-state index in [2.05, 4.69) is 6.58 Å². The number of hydrogen-bond donors (Lipinski definition) is 0. The molecule has 0 aromatic heterocycles. The Morgan fingerprint density at radius 3 is 2.32 bits per heavy atom. The number of carbonyl (C=O) groups is 2. The third-order valence-corrected chi connectivity index (χ3v) is 5.63. The van der Waals surface area contributed by atoms with E-state index >= 15 is 0 Å². The predicted octanol–water partition coefficient (Wildman–Crippen LogP) is 6.12. The first kappa shape index (κ1) is 22.5. The highest BCUT2D eigenvalue weighted by molar-refractivity contribution is 6.30. The molecule has 5 heteroatoms. The predicted molar refractivity (Wildman–Crippen MR) is 111 cm³/mol. The lowest BCUT2D eigenvalue weighted by Gasteiger charge is -2.27. The summed E-state index contributed by atoms with van der Waals surface area (Å²) in [7, 11) is 0. The van der Waals surface area contributed by atoms with Crippen molar-refractivity contribution in [1.82, 2.24) is 0 Å². The zero-order valence-electron chi connectivity index (χ0n) is 16.5. The Labute approximate surface area is 173 Å². The van der Waals surface area contributed by atoms with E-state index in [4.69, 9.17) is 21.1 Å². The summed E-state index contributed by atoms with van der Waals surface area (Å²) in [6.07, 6.45) is 12.1. The van der Waals surface area contributed by atoms with E-state index in [9.17, 15) is 9.59 Å². The second-order valence-corrected chi connectivity index (χ2v) is 7.96. The van der Waals surface area contributed by atoms with E-state index in [1.54, 1.807) is 24.3 Å². The Hall–Kier alpha value is -1.81. The Morgan fingerprint density at radius 1 is 1.00 bits per heavy atom. The largest absolute Gasteiger partial charge is 0.463 e. The fourth-order valence-electron chi connectivity index (χ4n) is 3.69. The van der Waals surface area contributed by atoms with E-state index in [0.29, 0.717) is 17.4 Å². The number of hydrogen-bond acceptors (Lipinski definition) is 4. The standard InChI is InChI=1S/C23H31ClO4/c1-2-22(25)27-17-7-5-3-4-6-8-18-9-11-19(12-10-18)23(26)28-21-15-13-20(24)14-16-21/h2,13-16,18-19H,1,3-12,17H2. The molecule has 0 spiro atoms. The van der Waals surface area contributed by atoms with Crippen LogP contribution in [-0.2, 0) is 14.3 Å². The summed E-state index contributed by atoms with van der Waals surface area (Å²) >= 11 is 5.85. The second-order valence-electron chi connectivity index (χ2n) is 7.52. The van der Waals surface area contributed by atoms with Crippen molar-refractivity contribution in [2.45, 2.75) is 64.2 Å². The summed E-state index contributed by atoms with van der Waals surface area (Å²) in [6, 6.07) is 6.93. The maximum absolute atomic E-state index is 12.3. The lowest BCUT2D eigenvalue weighted by atomic mass is 9.80. The Morgan fingerprint density at radius 2 is 1.64 bits per heavy atom. The molecule has 0 atom stereocenters. The minimum atomic E-state index is -0.340. The first-order valence-corrected chi connectivity index (χ1v) is 10.7. The van der Waals surface area contributed by atoms with Crippen molar-refractivity contribution < 1.29 is 19.1 Å². The first-order valence-electron chi connectivity index (χ1n) is 10.3. The van der Waals surface area contributed by atoms with Crippen molar-refractivity contribution in [1.29, 1.82) is 0 Å². The fourth-order valence-corrected chi connectivity index (χ4v) is 3.81. The van der Waals surface area contributed by atoms with Crippen molar-refractivity contribution in [3.8, 4) is 5.75 Å². The van der Waals surface area contributed by atoms with Gasteiger partial charge in [0.25, 0.3) is 0 Å². The molecule has 4 nitrogen and oxygen atoms in total. The monoisotopic (exact) mass is 406 g/mol. The third kappa shape index (κ3) is 8.47. The Kier molecular flexibility index (Phi) is 10.1. The molecule has 0 amide bonds. The van der Waals surface area contributed by atoms with Crippen molar-refractivity contribution in [3.63, 3.8) is 0 Å². The average Bonchev–Trinajstić information content (AvgIpc) is 2.71. The number of unbranched alkanes of at least 4 members (excludes halogenated alkanes) is 4. The molecule has 1 aromatic carbocycles. The average molecular weight is 407 g/mol. The Balaban J connectivity index is 1.51. The minimum Gasteiger partial charge on any atom is -0.463 e. The normalized spacial score (nSPS) is 19.0. The number of halogens is 1. The molecule has 0 unspecified atom stereocenters. The van der Waals surface area contributed by atoms with Crippen LogP contribution in [0.15, 0.2) is 36.9 Å². The summed E-state index contributed by atoms with van der Waals surface area (Å²) in [5.74, 6) is 0.861. The summed E-state index contributed by atoms with van der Waals surface area (Å²) in [5.41, 5.74) is 0. The van der Waals surface area contributed by atoms with Crippen molar-refractivity contribution in [2.75, 3.05) is 6.61 Å². The van der Waals surface area contributed by atoms with Gasteiger partial charge in [0.05, 0.1) is 12.5 Å². The molecule has 28 heavy (non-hydrogen) atoms. The van der Waals surface area contributed by atoms with Gasteiger partial charge < -0.3 is 9.47 Å². The second kappa shape index (κ2) is 12.6. The van der Waals surface area contributed by atoms with Crippen molar-refractivity contribution in [2.24, 2.45) is 11.8 Å². The summed E-state index contributed by atoms with van der Waals surface area (Å²) in [5, 5.41) is 0.636. The third-order valence-electron chi connectivity index (χ3n) is 5.38. The maximum Gasteiger partial charge on any atom is 0.330 e. The van der Waals surface area contributed by atoms with Gasteiger partial charge in [0, 0.05) is 11.1 Å². The molecule has 0 bridgehead atoms. The molecular formula is C23H31ClO4. The SMILES string of the molecule is C=CC(=O)OCCCCCCCC1CCC(C(=O)Oc2ccc(Cl)cc2)CC1. The lowest BCUT2D eigenvalue weighted by molar-refractivity contribution is -0.140. The van der Waals surface area contributed by atoms with Crippen LogP contribution >= 0.6 is 11.6 Å². The zero-order valence-corrected chi connectivity index (χ0v) is 17.3. The molecule has 154 valence electrons. The fraction of sp³-hybridized carbons (Fsp3) is 0.565. The van der Waals surface area contributed by atoms with E-state index in [0.717, 1.165) is 44.4 Å². The first-order chi connectivity index (χ1) is 13.6. The van der Waals surface area contributed by atoms with Crippen molar-refractivity contribution in [3.05, 3.63) is 41.9 Å². The molecule has 2 rings (SSSR count). The molecular weight excluding hydrogens is 376 g/mol. The topological polar surface area (TPSA) is 52.6 Å². The van der Waals surface area contributed by atoms with Gasteiger partial charge in [-0.05, 0) is 62.3 Å². The van der Waals surface area contributed by atoms with Gasteiger partial charge in [-0.15, -0.1) is 0 Å². The van der Waals surface area contributed by atoms with Crippen LogP contribution in [0.2, 0.25) is 5.02 Å². The highest BCUT2D eigenvalue weighted by Crippen LogP contribution is 2.33. The van der Waals surface area contributed by atoms with Gasteiger partial charge in [-0.25, -0.2) is 4.79 Å². The number of carbonyl (C=O) groups excluding carboxylic acids is 2. The van der Waals surface area contributed by atoms with Crippen LogP contribution in [-0.4, -0.2) is 18.5 Å². The van der Waals surface area contributed by atoms with Crippen LogP contribution in [0.25, 0.3) is 0 Å². The van der Waals surface area contributed by atoms with E-state index in [1.807, 2.05) is 0 Å². The van der Waals surface area contributed by atoms with Gasteiger partial charge in [-0.3, -0.25) is 4.79 Å². The molecule has 1 saturated carbocycles. The highest BCUT2D eigenvalue weighted by atomic mass is 35.5. The molecule has 0 N–H and O–H groups in total. The lowest BCUT2D eigenvalue weighted by Crippen LogP contribution is -2.25. The van der Waals surface area contributed by atoms with Gasteiger partial charge in [-0.2, -0.15) is 0 Å². The summed E-state index contributed by atoms with van der Waals surface area (Å²) < 4.78 is 10.4. The van der Waals surface area contributed by atoms with Crippen LogP contribution < -0.4 is 4.74 Å². The minimum absolute atomic E-state index is 0.0187. The van der Waals surface area contributed by atoms with Crippen LogP contribution in [0.1, 0.15) is 64.2 Å². The van der Waals surface area contributed by atoms with Gasteiger partial charge in [0.2, 0.25) is 0 Å². The number of rotatable bonds is 11. The molecule has 0 saturated heterocycles. The van der Waals surface area contributed by atoms with Gasteiger partial charge in [0.15, 0.2) is 0 Å². The quantitative estimate of drug-likeness (QED) is 0.192. The van der Waals surface area contributed by atoms with E-state index in [1.165, 1.54) is 31.8 Å². The molecule has 1 aromatic rings. The molecule has 0 heterocycles. The molecule has 1 aliphatic rings. The molecule has 0 radical (unpaired) electrons.